The summed E-state index contributed by atoms with van der Waals surface area (Å²) in [7, 11) is -3.05. The van der Waals surface area contributed by atoms with Gasteiger partial charge in [-0.3, -0.25) is 0 Å². The molecule has 1 rings (SSSR count). The molecule has 1 atom stereocenters. The zero-order valence-corrected chi connectivity index (χ0v) is 13.9. The number of hydrogen-bond acceptors (Lipinski definition) is 5. The van der Waals surface area contributed by atoms with E-state index in [0.717, 1.165) is 5.69 Å². The van der Waals surface area contributed by atoms with E-state index in [2.05, 4.69) is 10.3 Å². The van der Waals surface area contributed by atoms with Crippen molar-refractivity contribution in [2.24, 2.45) is 0 Å². The smallest absolute Gasteiger partial charge is 0.408 e. The Morgan fingerprint density at radius 3 is 2.62 bits per heavy atom. The molecule has 0 aromatic carbocycles. The maximum atomic E-state index is 11.7. The van der Waals surface area contributed by atoms with Crippen LogP contribution >= 0.6 is 0 Å². The second-order valence-electron chi connectivity index (χ2n) is 6.01. The topological polar surface area (TPSA) is 90.3 Å². The van der Waals surface area contributed by atoms with Crippen molar-refractivity contribution in [1.29, 1.82) is 0 Å². The lowest BCUT2D eigenvalue weighted by molar-refractivity contribution is 0.0506. The first-order valence-electron chi connectivity index (χ1n) is 6.65. The van der Waals surface area contributed by atoms with Crippen molar-refractivity contribution in [3.63, 3.8) is 0 Å². The lowest BCUT2D eigenvalue weighted by Gasteiger charge is -2.22. The van der Waals surface area contributed by atoms with E-state index in [0.29, 0.717) is 6.54 Å². The van der Waals surface area contributed by atoms with E-state index in [-0.39, 0.29) is 11.8 Å². The minimum atomic E-state index is -3.05. The Morgan fingerprint density at radius 1 is 1.48 bits per heavy atom. The van der Waals surface area contributed by atoms with E-state index in [4.69, 9.17) is 4.74 Å². The normalized spacial score (nSPS) is 13.8. The quantitative estimate of drug-likeness (QED) is 0.889. The van der Waals surface area contributed by atoms with Crippen molar-refractivity contribution in [1.82, 2.24) is 14.9 Å². The van der Waals surface area contributed by atoms with Crippen LogP contribution in [0.2, 0.25) is 0 Å². The molecule has 120 valence electrons. The lowest BCUT2D eigenvalue weighted by Crippen LogP contribution is -2.34. The highest BCUT2D eigenvalue weighted by Gasteiger charge is 2.20. The zero-order valence-electron chi connectivity index (χ0n) is 13.1. The molecule has 1 N–H and O–H groups in total. The average Bonchev–Trinajstić information content (AvgIpc) is 2.70. The molecular formula is C13H23N3O4S. The van der Waals surface area contributed by atoms with Crippen molar-refractivity contribution in [3.05, 3.63) is 18.2 Å². The van der Waals surface area contributed by atoms with Crippen LogP contribution in [0, 0.1) is 0 Å². The number of ether oxygens (including phenoxy) is 1. The molecule has 1 heterocycles. The van der Waals surface area contributed by atoms with Crippen molar-refractivity contribution in [2.45, 2.75) is 45.9 Å². The Balaban J connectivity index is 2.69. The minimum Gasteiger partial charge on any atom is -0.444 e. The summed E-state index contributed by atoms with van der Waals surface area (Å²) in [6, 6.07) is -0.332. The molecular weight excluding hydrogens is 294 g/mol. The molecule has 0 spiro atoms. The number of aryl methyl sites for hydroxylation is 1. The number of carbonyl (C=O) groups excluding carboxylic acids is 1. The number of rotatable bonds is 5. The average molecular weight is 317 g/mol. The van der Waals surface area contributed by atoms with Gasteiger partial charge in [-0.05, 0) is 27.7 Å². The molecule has 0 aliphatic heterocycles. The summed E-state index contributed by atoms with van der Waals surface area (Å²) in [5.41, 5.74) is 0.157. The predicted octanol–water partition coefficient (Wildman–Crippen LogP) is 1.51. The number of alkyl carbamates (subject to hydrolysis) is 1. The molecule has 1 aromatic rings. The minimum absolute atomic E-state index is 0.0233. The van der Waals surface area contributed by atoms with Crippen LogP contribution in [0.3, 0.4) is 0 Å². The van der Waals surface area contributed by atoms with Crippen LogP contribution in [0.5, 0.6) is 0 Å². The van der Waals surface area contributed by atoms with Crippen LogP contribution in [0.25, 0.3) is 0 Å². The van der Waals surface area contributed by atoms with E-state index in [1.807, 2.05) is 0 Å². The molecule has 0 aliphatic rings. The van der Waals surface area contributed by atoms with Gasteiger partial charge >= 0.3 is 6.09 Å². The number of nitrogens with zero attached hydrogens (tertiary/aromatic N) is 2. The van der Waals surface area contributed by atoms with Gasteiger partial charge in [-0.2, -0.15) is 0 Å². The number of sulfone groups is 1. The summed E-state index contributed by atoms with van der Waals surface area (Å²) < 4.78 is 29.3. The number of nitrogens with one attached hydrogen (secondary N) is 1. The Hall–Kier alpha value is -1.57. The molecule has 1 aromatic heterocycles. The van der Waals surface area contributed by atoms with Crippen molar-refractivity contribution >= 4 is 15.9 Å². The molecule has 0 saturated carbocycles. The third-order valence-corrected chi connectivity index (χ3v) is 3.55. The molecule has 0 saturated heterocycles. The highest BCUT2D eigenvalue weighted by molar-refractivity contribution is 7.90. The van der Waals surface area contributed by atoms with Crippen LogP contribution < -0.4 is 5.32 Å². The van der Waals surface area contributed by atoms with Crippen molar-refractivity contribution < 1.29 is 17.9 Å². The summed E-state index contributed by atoms with van der Waals surface area (Å²) in [5, 5.41) is 2.70. The van der Waals surface area contributed by atoms with Crippen molar-refractivity contribution in [3.8, 4) is 0 Å². The molecule has 0 unspecified atom stereocenters. The Bertz CT molecular complexity index is 587. The Kier molecular flexibility index (Phi) is 5.38. The first-order chi connectivity index (χ1) is 9.48. The molecule has 7 nitrogen and oxygen atoms in total. The van der Waals surface area contributed by atoms with Gasteiger partial charge in [0.1, 0.15) is 15.4 Å². The number of amides is 1. The Labute approximate surface area is 125 Å². The number of aromatic nitrogens is 2. The van der Waals surface area contributed by atoms with Gasteiger partial charge < -0.3 is 14.6 Å². The van der Waals surface area contributed by atoms with Gasteiger partial charge in [0.25, 0.3) is 0 Å². The largest absolute Gasteiger partial charge is 0.444 e. The molecule has 0 bridgehead atoms. The van der Waals surface area contributed by atoms with E-state index in [1.54, 1.807) is 44.8 Å². The lowest BCUT2D eigenvalue weighted by atomic mass is 10.2. The summed E-state index contributed by atoms with van der Waals surface area (Å²) in [6.45, 7) is 7.45. The fourth-order valence-electron chi connectivity index (χ4n) is 1.70. The monoisotopic (exact) mass is 317 g/mol. The van der Waals surface area contributed by atoms with Gasteiger partial charge in [-0.15, -0.1) is 0 Å². The molecule has 8 heteroatoms. The van der Waals surface area contributed by atoms with Gasteiger partial charge in [0.05, 0.1) is 30.0 Å². The number of imidazole rings is 1. The third kappa shape index (κ3) is 6.61. The second-order valence-corrected chi connectivity index (χ2v) is 8.27. The Morgan fingerprint density at radius 2 is 2.10 bits per heavy atom. The first-order valence-corrected chi connectivity index (χ1v) is 8.71. The number of carbonyl (C=O) groups is 1. The summed E-state index contributed by atoms with van der Waals surface area (Å²) in [5.74, 6) is 0.0233. The maximum absolute atomic E-state index is 11.7. The van der Waals surface area contributed by atoms with Crippen LogP contribution in [-0.4, -0.2) is 41.7 Å². The van der Waals surface area contributed by atoms with Gasteiger partial charge in [0.15, 0.2) is 0 Å². The summed E-state index contributed by atoms with van der Waals surface area (Å²) in [6.07, 6.45) is 3.82. The van der Waals surface area contributed by atoms with Crippen LogP contribution in [0.4, 0.5) is 4.79 Å². The molecule has 21 heavy (non-hydrogen) atoms. The van der Waals surface area contributed by atoms with Gasteiger partial charge in [-0.1, -0.05) is 0 Å². The van der Waals surface area contributed by atoms with Gasteiger partial charge in [0.2, 0.25) is 0 Å². The highest BCUT2D eigenvalue weighted by atomic mass is 32.2. The van der Waals surface area contributed by atoms with Gasteiger partial charge in [0, 0.05) is 12.8 Å². The summed E-state index contributed by atoms with van der Waals surface area (Å²) >= 11 is 0. The molecule has 0 radical (unpaired) electrons. The number of hydrogen-bond donors (Lipinski definition) is 1. The van der Waals surface area contributed by atoms with Gasteiger partial charge in [-0.25, -0.2) is 18.2 Å². The van der Waals surface area contributed by atoms with Crippen LogP contribution in [-0.2, 0) is 21.1 Å². The van der Waals surface area contributed by atoms with Crippen LogP contribution in [0.15, 0.2) is 12.5 Å². The maximum Gasteiger partial charge on any atom is 0.408 e. The third-order valence-electron chi connectivity index (χ3n) is 2.62. The molecule has 0 aliphatic carbocycles. The van der Waals surface area contributed by atoms with E-state index >= 15 is 0 Å². The molecule has 0 fully saturated rings. The SMILES string of the molecule is C[C@@H](NC(=O)OC(C)(C)C)c1cncn1CCS(C)(=O)=O. The van der Waals surface area contributed by atoms with E-state index < -0.39 is 21.5 Å². The summed E-state index contributed by atoms with van der Waals surface area (Å²) in [4.78, 5) is 15.7. The second kappa shape index (κ2) is 6.46. The highest BCUT2D eigenvalue weighted by Crippen LogP contribution is 2.14. The fourth-order valence-corrected chi connectivity index (χ4v) is 2.23. The van der Waals surface area contributed by atoms with Crippen molar-refractivity contribution in [2.75, 3.05) is 12.0 Å². The first kappa shape index (κ1) is 17.5. The van der Waals surface area contributed by atoms with E-state index in [1.165, 1.54) is 6.26 Å². The zero-order chi connectivity index (χ0) is 16.3. The molecule has 1 amide bonds. The van der Waals surface area contributed by atoms with E-state index in [9.17, 15) is 13.2 Å². The standard InChI is InChI=1S/C13H23N3O4S/c1-10(15-12(17)20-13(2,3)4)11-8-14-9-16(11)6-7-21(5,18)19/h8-10H,6-7H2,1-5H3,(H,15,17)/t10-/m1/s1. The fraction of sp³-hybridized carbons (Fsp3) is 0.692. The predicted molar refractivity (Wildman–Crippen MR) is 79.7 cm³/mol. The van der Waals surface area contributed by atoms with Crippen LogP contribution in [0.1, 0.15) is 39.4 Å².